The second-order valence-electron chi connectivity index (χ2n) is 3.84. The number of nitrogens with zero attached hydrogens (tertiary/aromatic N) is 1. The van der Waals surface area contributed by atoms with Gasteiger partial charge in [-0.2, -0.15) is 5.10 Å². The smallest absolute Gasteiger partial charge is 0.406 e. The molecule has 0 amide bonds. The summed E-state index contributed by atoms with van der Waals surface area (Å²) in [6.07, 6.45) is -4.12. The van der Waals surface area contributed by atoms with Crippen molar-refractivity contribution in [2.45, 2.75) is 17.7 Å². The number of thiocarbonyl (C=S) groups is 1. The van der Waals surface area contributed by atoms with E-state index in [0.717, 1.165) is 10.6 Å². The van der Waals surface area contributed by atoms with Crippen LogP contribution < -0.4 is 15.9 Å². The summed E-state index contributed by atoms with van der Waals surface area (Å²) in [6.45, 7) is 0. The Bertz CT molecular complexity index is 560. The number of hydrogen-bond acceptors (Lipinski definition) is 4. The molecule has 3 N–H and O–H groups in total. The van der Waals surface area contributed by atoms with E-state index >= 15 is 0 Å². The zero-order valence-electron chi connectivity index (χ0n) is 10.0. The summed E-state index contributed by atoms with van der Waals surface area (Å²) in [6, 6.07) is 4.18. The third-order valence-electron chi connectivity index (χ3n) is 2.39. The van der Waals surface area contributed by atoms with Crippen LogP contribution in [0.15, 0.2) is 28.2 Å². The molecule has 1 heterocycles. The fourth-order valence-electron chi connectivity index (χ4n) is 1.69. The van der Waals surface area contributed by atoms with Gasteiger partial charge in [-0.15, -0.1) is 24.9 Å². The predicted octanol–water partition coefficient (Wildman–Crippen LogP) is 2.62. The zero-order valence-corrected chi connectivity index (χ0v) is 11.7. The van der Waals surface area contributed by atoms with E-state index in [1.807, 2.05) is 0 Å². The molecule has 0 fully saturated rings. The van der Waals surface area contributed by atoms with Gasteiger partial charge in [-0.1, -0.05) is 0 Å². The van der Waals surface area contributed by atoms with Crippen molar-refractivity contribution in [1.29, 1.82) is 0 Å². The number of rotatable bonds is 2. The van der Waals surface area contributed by atoms with Crippen molar-refractivity contribution >= 4 is 34.8 Å². The van der Waals surface area contributed by atoms with Gasteiger partial charge in [-0.3, -0.25) is 5.43 Å². The lowest BCUT2D eigenvalue weighted by Gasteiger charge is -2.19. The third-order valence-corrected chi connectivity index (χ3v) is 3.56. The van der Waals surface area contributed by atoms with Crippen LogP contribution in [0.3, 0.4) is 0 Å². The molecule has 9 heteroatoms. The number of hydrazone groups is 1. The Balaban J connectivity index is 2.31. The lowest BCUT2D eigenvalue weighted by molar-refractivity contribution is -0.274. The molecule has 0 bridgehead atoms. The van der Waals surface area contributed by atoms with E-state index in [-0.39, 0.29) is 10.9 Å². The Kier molecular flexibility index (Phi) is 4.39. The van der Waals surface area contributed by atoms with Gasteiger partial charge >= 0.3 is 6.36 Å². The molecule has 0 aliphatic carbocycles. The number of nitrogens with one attached hydrogen (secondary N) is 1. The van der Waals surface area contributed by atoms with E-state index in [1.165, 1.54) is 12.1 Å². The number of ether oxygens (including phenoxy) is 1. The fraction of sp³-hybridized carbons (Fsp3) is 0.273. The summed E-state index contributed by atoms with van der Waals surface area (Å²) >= 11 is 6.18. The van der Waals surface area contributed by atoms with Gasteiger partial charge in [0.15, 0.2) is 5.11 Å². The summed E-state index contributed by atoms with van der Waals surface area (Å²) < 4.78 is 40.6. The number of hydrogen-bond donors (Lipinski definition) is 2. The van der Waals surface area contributed by atoms with E-state index in [2.05, 4.69) is 27.5 Å². The summed E-state index contributed by atoms with van der Waals surface area (Å²) in [4.78, 5) is 0.842. The van der Waals surface area contributed by atoms with Gasteiger partial charge in [0.25, 0.3) is 0 Å². The molecule has 20 heavy (non-hydrogen) atoms. The van der Waals surface area contributed by atoms with Crippen molar-refractivity contribution < 1.29 is 17.9 Å². The monoisotopic (exact) mass is 321 g/mol. The highest BCUT2D eigenvalue weighted by Crippen LogP contribution is 2.34. The SMILES string of the molecule is NC(=S)N/N=C1\CCSc2ccc(OC(F)(F)F)cc21. The first-order valence-corrected chi connectivity index (χ1v) is 6.89. The maximum Gasteiger partial charge on any atom is 0.573 e. The van der Waals surface area contributed by atoms with Gasteiger partial charge in [0, 0.05) is 22.6 Å². The molecular formula is C11H10F3N3OS2. The van der Waals surface area contributed by atoms with Gasteiger partial charge in [0.1, 0.15) is 5.75 Å². The van der Waals surface area contributed by atoms with Gasteiger partial charge in [0.05, 0.1) is 5.71 Å². The van der Waals surface area contributed by atoms with Crippen molar-refractivity contribution in [3.8, 4) is 5.75 Å². The number of alkyl halides is 3. The van der Waals surface area contributed by atoms with Crippen molar-refractivity contribution in [3.05, 3.63) is 23.8 Å². The molecular weight excluding hydrogens is 311 g/mol. The average Bonchev–Trinajstić information content (AvgIpc) is 2.34. The Morgan fingerprint density at radius 2 is 2.20 bits per heavy atom. The molecule has 0 aromatic heterocycles. The zero-order chi connectivity index (χ0) is 14.8. The van der Waals surface area contributed by atoms with Crippen LogP contribution in [0.1, 0.15) is 12.0 Å². The van der Waals surface area contributed by atoms with Gasteiger partial charge in [-0.25, -0.2) is 0 Å². The van der Waals surface area contributed by atoms with Crippen LogP contribution in [0.4, 0.5) is 13.2 Å². The van der Waals surface area contributed by atoms with Crippen LogP contribution in [0.5, 0.6) is 5.75 Å². The molecule has 0 spiro atoms. The normalized spacial score (nSPS) is 16.6. The standard InChI is InChI=1S/C11H10F3N3OS2/c12-11(13,14)18-6-1-2-9-7(5-6)8(3-4-20-9)16-17-10(15)19/h1-2,5H,3-4H2,(H3,15,17,19)/b16-8+. The number of benzene rings is 1. The average molecular weight is 321 g/mol. The van der Waals surface area contributed by atoms with Crippen molar-refractivity contribution in [2.75, 3.05) is 5.75 Å². The summed E-state index contributed by atoms with van der Waals surface area (Å²) in [5.41, 5.74) is 8.91. The minimum absolute atomic E-state index is 0.0000253. The highest BCUT2D eigenvalue weighted by Gasteiger charge is 2.31. The van der Waals surface area contributed by atoms with Crippen LogP contribution in [-0.2, 0) is 0 Å². The second-order valence-corrected chi connectivity index (χ2v) is 5.42. The lowest BCUT2D eigenvalue weighted by atomic mass is 10.1. The fourth-order valence-corrected chi connectivity index (χ4v) is 2.75. The molecule has 2 rings (SSSR count). The Hall–Kier alpha value is -1.48. The summed E-state index contributed by atoms with van der Waals surface area (Å²) in [5.74, 6) is 0.506. The number of fused-ring (bicyclic) bond motifs is 1. The maximum atomic E-state index is 12.2. The molecule has 0 radical (unpaired) electrons. The molecule has 1 aliphatic rings. The molecule has 0 atom stereocenters. The maximum absolute atomic E-state index is 12.2. The molecule has 1 aliphatic heterocycles. The first-order valence-electron chi connectivity index (χ1n) is 5.50. The van der Waals surface area contributed by atoms with Crippen molar-refractivity contribution in [2.24, 2.45) is 10.8 Å². The van der Waals surface area contributed by atoms with Gasteiger partial charge < -0.3 is 10.5 Å². The number of halogens is 3. The summed E-state index contributed by atoms with van der Waals surface area (Å²) in [5, 5.41) is 4.01. The minimum atomic E-state index is -4.72. The Morgan fingerprint density at radius 1 is 1.45 bits per heavy atom. The molecule has 0 saturated carbocycles. The van der Waals surface area contributed by atoms with Crippen LogP contribution in [0, 0.1) is 0 Å². The quantitative estimate of drug-likeness (QED) is 0.648. The van der Waals surface area contributed by atoms with Gasteiger partial charge in [0.2, 0.25) is 0 Å². The molecule has 0 unspecified atom stereocenters. The highest BCUT2D eigenvalue weighted by molar-refractivity contribution is 7.99. The molecule has 0 saturated heterocycles. The molecule has 4 nitrogen and oxygen atoms in total. The molecule has 1 aromatic carbocycles. The second kappa shape index (κ2) is 5.88. The van der Waals surface area contributed by atoms with E-state index in [0.29, 0.717) is 17.7 Å². The third kappa shape index (κ3) is 4.01. The summed E-state index contributed by atoms with van der Waals surface area (Å²) in [7, 11) is 0. The Morgan fingerprint density at radius 3 is 2.85 bits per heavy atom. The van der Waals surface area contributed by atoms with Crippen LogP contribution in [-0.4, -0.2) is 22.9 Å². The van der Waals surface area contributed by atoms with Crippen LogP contribution >= 0.6 is 24.0 Å². The minimum Gasteiger partial charge on any atom is -0.406 e. The molecule has 108 valence electrons. The van der Waals surface area contributed by atoms with Gasteiger partial charge in [-0.05, 0) is 30.4 Å². The number of thioether (sulfide) groups is 1. The van der Waals surface area contributed by atoms with E-state index in [4.69, 9.17) is 5.73 Å². The van der Waals surface area contributed by atoms with E-state index in [9.17, 15) is 13.2 Å². The van der Waals surface area contributed by atoms with E-state index < -0.39 is 6.36 Å². The molecule has 1 aromatic rings. The number of nitrogens with two attached hydrogens (primary N) is 1. The van der Waals surface area contributed by atoms with E-state index in [1.54, 1.807) is 17.8 Å². The Labute approximate surface area is 122 Å². The largest absolute Gasteiger partial charge is 0.573 e. The van der Waals surface area contributed by atoms with Crippen LogP contribution in [0.25, 0.3) is 0 Å². The predicted molar refractivity (Wildman–Crippen MR) is 74.9 cm³/mol. The highest BCUT2D eigenvalue weighted by atomic mass is 32.2. The first-order chi connectivity index (χ1) is 9.35. The van der Waals surface area contributed by atoms with Crippen LogP contribution in [0.2, 0.25) is 0 Å². The van der Waals surface area contributed by atoms with Crippen molar-refractivity contribution in [1.82, 2.24) is 5.43 Å². The lowest BCUT2D eigenvalue weighted by Crippen LogP contribution is -2.26. The van der Waals surface area contributed by atoms with Crippen molar-refractivity contribution in [3.63, 3.8) is 0 Å². The first kappa shape index (κ1) is 14.9. The topological polar surface area (TPSA) is 59.6 Å².